The highest BCUT2D eigenvalue weighted by molar-refractivity contribution is 5.91. The molecule has 164 valence electrons. The van der Waals surface area contributed by atoms with Crippen molar-refractivity contribution in [3.05, 3.63) is 23.8 Å². The molecule has 2 N–H and O–H groups in total. The quantitative estimate of drug-likeness (QED) is 0.508. The maximum Gasteiger partial charge on any atom is 0.303 e. The highest BCUT2D eigenvalue weighted by Crippen LogP contribution is 2.63. The molecular formula is C26H36O4. The van der Waals surface area contributed by atoms with Crippen LogP contribution in [0.15, 0.2) is 23.8 Å². The molecule has 0 spiro atoms. The lowest BCUT2D eigenvalue weighted by Crippen LogP contribution is -2.54. The van der Waals surface area contributed by atoms with E-state index in [-0.39, 0.29) is 5.41 Å². The summed E-state index contributed by atoms with van der Waals surface area (Å²) in [4.78, 5) is 21.5. The standard InChI is InChI=1S/C21H26O2.C5H10O2/c1-3-20-11-9-17-16-8-6-15(22)13-14(16)5-7-18(17)19(20)10-12-21(20,23)4-2;1-2-3-4-5(6)7/h2,10,12-13,16-19,23H,3,5-9,11H2,1H3;2-4H2,1H3,(H,6,7)/t16-,17+,18+,19-,20-,21-;/m0./s1. The van der Waals surface area contributed by atoms with Gasteiger partial charge in [-0.25, -0.2) is 0 Å². The third kappa shape index (κ3) is 3.89. The Hall–Kier alpha value is -1.86. The number of unbranched alkanes of at least 4 members (excludes halogenated alkanes) is 1. The number of carboxylic acids is 1. The molecule has 30 heavy (non-hydrogen) atoms. The summed E-state index contributed by atoms with van der Waals surface area (Å²) in [5.41, 5.74) is 0.158. The fourth-order valence-electron chi connectivity index (χ4n) is 6.71. The summed E-state index contributed by atoms with van der Waals surface area (Å²) >= 11 is 0. The molecular weight excluding hydrogens is 376 g/mol. The van der Waals surface area contributed by atoms with E-state index in [1.165, 1.54) is 5.57 Å². The fourth-order valence-corrected chi connectivity index (χ4v) is 6.71. The number of hydrogen-bond acceptors (Lipinski definition) is 3. The molecule has 2 saturated carbocycles. The number of terminal acetylenes is 1. The van der Waals surface area contributed by atoms with Crippen molar-refractivity contribution in [2.75, 3.05) is 0 Å². The summed E-state index contributed by atoms with van der Waals surface area (Å²) in [7, 11) is 0. The highest BCUT2D eigenvalue weighted by atomic mass is 16.4. The summed E-state index contributed by atoms with van der Waals surface area (Å²) in [6, 6.07) is 0. The average molecular weight is 413 g/mol. The minimum absolute atomic E-state index is 0.172. The number of aliphatic hydroxyl groups is 1. The molecule has 6 atom stereocenters. The van der Waals surface area contributed by atoms with Crippen LogP contribution in [-0.2, 0) is 9.59 Å². The van der Waals surface area contributed by atoms with Crippen LogP contribution in [0.25, 0.3) is 0 Å². The van der Waals surface area contributed by atoms with Gasteiger partial charge in [0.2, 0.25) is 0 Å². The first kappa shape index (κ1) is 22.8. The number of aliphatic carboxylic acids is 1. The summed E-state index contributed by atoms with van der Waals surface area (Å²) < 4.78 is 0. The smallest absolute Gasteiger partial charge is 0.303 e. The van der Waals surface area contributed by atoms with Crippen molar-refractivity contribution >= 4 is 11.8 Å². The average Bonchev–Trinajstić information content (AvgIpc) is 3.05. The van der Waals surface area contributed by atoms with Gasteiger partial charge in [0.15, 0.2) is 5.78 Å². The lowest BCUT2D eigenvalue weighted by Gasteiger charge is -2.55. The number of rotatable bonds is 4. The SMILES string of the molecule is C#C[C@]1(O)C=C[C@H]2[C@@H]3CCC4=CC(=O)CC[C@@H]4[C@H]3CC[C@@]21CC.CCCCC(=O)O. The second-order valence-electron chi connectivity index (χ2n) is 9.54. The minimum Gasteiger partial charge on any atom is -0.481 e. The first-order chi connectivity index (χ1) is 14.3. The van der Waals surface area contributed by atoms with Gasteiger partial charge in [0.25, 0.3) is 0 Å². The van der Waals surface area contributed by atoms with E-state index in [0.29, 0.717) is 42.3 Å². The zero-order chi connectivity index (χ0) is 21.9. The van der Waals surface area contributed by atoms with E-state index in [9.17, 15) is 14.7 Å². The van der Waals surface area contributed by atoms with E-state index >= 15 is 0 Å². The molecule has 0 amide bonds. The van der Waals surface area contributed by atoms with Crippen LogP contribution in [0, 0.1) is 41.4 Å². The van der Waals surface area contributed by atoms with Crippen LogP contribution in [0.3, 0.4) is 0 Å². The topological polar surface area (TPSA) is 74.6 Å². The Morgan fingerprint density at radius 3 is 2.60 bits per heavy atom. The van der Waals surface area contributed by atoms with Crippen molar-refractivity contribution in [3.63, 3.8) is 0 Å². The molecule has 0 aliphatic heterocycles. The van der Waals surface area contributed by atoms with Crippen LogP contribution < -0.4 is 0 Å². The molecule has 4 aliphatic rings. The summed E-state index contributed by atoms with van der Waals surface area (Å²) in [5.74, 6) is 4.58. The zero-order valence-corrected chi connectivity index (χ0v) is 18.4. The Labute approximate surface area is 180 Å². The molecule has 4 heteroatoms. The third-order valence-corrected chi connectivity index (χ3v) is 8.28. The number of carbonyl (C=O) groups is 2. The van der Waals surface area contributed by atoms with Crippen LogP contribution in [0.5, 0.6) is 0 Å². The van der Waals surface area contributed by atoms with E-state index in [4.69, 9.17) is 11.5 Å². The third-order valence-electron chi connectivity index (χ3n) is 8.28. The molecule has 0 aromatic carbocycles. The molecule has 2 fully saturated rings. The van der Waals surface area contributed by atoms with Crippen LogP contribution in [-0.4, -0.2) is 27.6 Å². The Balaban J connectivity index is 0.000000318. The second-order valence-corrected chi connectivity index (χ2v) is 9.54. The van der Waals surface area contributed by atoms with Crippen molar-refractivity contribution in [3.8, 4) is 12.3 Å². The van der Waals surface area contributed by atoms with Gasteiger partial charge in [-0.2, -0.15) is 0 Å². The number of allylic oxidation sites excluding steroid dienone is 3. The Morgan fingerprint density at radius 1 is 1.23 bits per heavy atom. The van der Waals surface area contributed by atoms with Crippen molar-refractivity contribution in [2.24, 2.45) is 29.1 Å². The van der Waals surface area contributed by atoms with Gasteiger partial charge >= 0.3 is 5.97 Å². The number of carbonyl (C=O) groups excluding carboxylic acids is 1. The predicted octanol–water partition coefficient (Wildman–Crippen LogP) is 4.92. The van der Waals surface area contributed by atoms with Crippen molar-refractivity contribution in [1.82, 2.24) is 0 Å². The Kier molecular flexibility index (Phi) is 6.92. The second kappa shape index (κ2) is 9.10. The van der Waals surface area contributed by atoms with E-state index in [1.54, 1.807) is 0 Å². The monoisotopic (exact) mass is 412 g/mol. The summed E-state index contributed by atoms with van der Waals surface area (Å²) in [5, 5.41) is 19.1. The van der Waals surface area contributed by atoms with E-state index in [0.717, 1.165) is 51.4 Å². The molecule has 0 unspecified atom stereocenters. The molecule has 4 nitrogen and oxygen atoms in total. The molecule has 0 aromatic heterocycles. The van der Waals surface area contributed by atoms with Gasteiger partial charge < -0.3 is 10.2 Å². The number of hydrogen-bond donors (Lipinski definition) is 2. The highest BCUT2D eigenvalue weighted by Gasteiger charge is 2.61. The van der Waals surface area contributed by atoms with Gasteiger partial charge in [-0.3, -0.25) is 9.59 Å². The Morgan fingerprint density at radius 2 is 2.00 bits per heavy atom. The van der Waals surface area contributed by atoms with Crippen molar-refractivity contribution < 1.29 is 19.8 Å². The number of carboxylic acid groups (broad SMARTS) is 1. The van der Waals surface area contributed by atoms with Gasteiger partial charge in [0, 0.05) is 18.3 Å². The molecule has 4 rings (SSSR count). The molecule has 0 heterocycles. The van der Waals surface area contributed by atoms with E-state index < -0.39 is 11.6 Å². The largest absolute Gasteiger partial charge is 0.481 e. The van der Waals surface area contributed by atoms with Crippen LogP contribution in [0.1, 0.15) is 78.1 Å². The number of ketones is 1. The predicted molar refractivity (Wildman–Crippen MR) is 118 cm³/mol. The molecule has 0 radical (unpaired) electrons. The van der Waals surface area contributed by atoms with Gasteiger partial charge in [0.05, 0.1) is 0 Å². The maximum absolute atomic E-state index is 11.7. The van der Waals surface area contributed by atoms with Crippen LogP contribution >= 0.6 is 0 Å². The maximum atomic E-state index is 11.7. The number of fused-ring (bicyclic) bond motifs is 5. The van der Waals surface area contributed by atoms with E-state index in [1.807, 2.05) is 19.1 Å². The van der Waals surface area contributed by atoms with Crippen molar-refractivity contribution in [2.45, 2.75) is 83.7 Å². The van der Waals surface area contributed by atoms with E-state index in [2.05, 4.69) is 18.9 Å². The first-order valence-electron chi connectivity index (χ1n) is 11.7. The zero-order valence-electron chi connectivity index (χ0n) is 18.4. The van der Waals surface area contributed by atoms with Gasteiger partial charge in [-0.1, -0.05) is 37.8 Å². The summed E-state index contributed by atoms with van der Waals surface area (Å²) in [6.07, 6.45) is 20.9. The lowest BCUT2D eigenvalue weighted by molar-refractivity contribution is -0.137. The summed E-state index contributed by atoms with van der Waals surface area (Å²) in [6.45, 7) is 4.15. The Bertz CT molecular complexity index is 772. The van der Waals surface area contributed by atoms with Crippen LogP contribution in [0.4, 0.5) is 0 Å². The molecule has 0 aromatic rings. The van der Waals surface area contributed by atoms with Gasteiger partial charge in [0.1, 0.15) is 5.60 Å². The normalized spacial score (nSPS) is 38.9. The first-order valence-corrected chi connectivity index (χ1v) is 11.7. The lowest BCUT2D eigenvalue weighted by atomic mass is 9.49. The molecule has 4 aliphatic carbocycles. The van der Waals surface area contributed by atoms with Crippen molar-refractivity contribution in [1.29, 1.82) is 0 Å². The minimum atomic E-state index is -1.07. The van der Waals surface area contributed by atoms with Gasteiger partial charge in [-0.05, 0) is 80.8 Å². The fraction of sp³-hybridized carbons (Fsp3) is 0.692. The van der Waals surface area contributed by atoms with Crippen LogP contribution in [0.2, 0.25) is 0 Å². The molecule has 0 saturated heterocycles. The van der Waals surface area contributed by atoms with Gasteiger partial charge in [-0.15, -0.1) is 6.42 Å². The molecule has 0 bridgehead atoms.